The number of aryl methyl sites for hydroxylation is 1. The van der Waals surface area contributed by atoms with Crippen LogP contribution in [0.25, 0.3) is 0 Å². The first-order valence-corrected chi connectivity index (χ1v) is 9.45. The third-order valence-corrected chi connectivity index (χ3v) is 5.71. The first-order chi connectivity index (χ1) is 10.8. The zero-order valence-electron chi connectivity index (χ0n) is 13.5. The Hall–Kier alpha value is -1.44. The van der Waals surface area contributed by atoms with Crippen LogP contribution < -0.4 is 15.8 Å². The topological polar surface area (TPSA) is 101 Å². The van der Waals surface area contributed by atoms with Crippen LogP contribution in [-0.2, 0) is 14.8 Å². The van der Waals surface area contributed by atoms with Crippen molar-refractivity contribution in [2.45, 2.75) is 49.5 Å². The molecule has 1 aromatic carbocycles. The summed E-state index contributed by atoms with van der Waals surface area (Å²) in [5.74, 6) is -0.188. The molecule has 4 N–H and O–H groups in total. The minimum atomic E-state index is -3.55. The van der Waals surface area contributed by atoms with Gasteiger partial charge in [-0.05, 0) is 31.9 Å². The number of sulfonamides is 1. The molecule has 1 saturated carbocycles. The lowest BCUT2D eigenvalue weighted by Gasteiger charge is -2.31. The van der Waals surface area contributed by atoms with Crippen LogP contribution in [0.2, 0.25) is 0 Å². The molecule has 0 aromatic heterocycles. The van der Waals surface area contributed by atoms with Crippen molar-refractivity contribution in [3.05, 3.63) is 29.8 Å². The van der Waals surface area contributed by atoms with Crippen LogP contribution in [0.1, 0.15) is 37.7 Å². The quantitative estimate of drug-likeness (QED) is 0.674. The second kappa shape index (κ2) is 7.42. The number of carbonyl (C=O) groups is 1. The van der Waals surface area contributed by atoms with Crippen molar-refractivity contribution in [1.82, 2.24) is 10.0 Å². The normalized spacial score (nSPS) is 17.7. The number of hydrogen-bond acceptors (Lipinski definition) is 4. The van der Waals surface area contributed by atoms with Gasteiger partial charge in [0.05, 0.1) is 10.4 Å². The van der Waals surface area contributed by atoms with Crippen molar-refractivity contribution < 1.29 is 13.2 Å². The highest BCUT2D eigenvalue weighted by Gasteiger charge is 2.34. The fourth-order valence-corrected chi connectivity index (χ4v) is 3.78. The van der Waals surface area contributed by atoms with Crippen LogP contribution in [0.15, 0.2) is 29.2 Å². The van der Waals surface area contributed by atoms with E-state index in [1.54, 1.807) is 24.3 Å². The number of benzene rings is 1. The molecule has 0 heterocycles. The number of amides is 1. The van der Waals surface area contributed by atoms with Crippen molar-refractivity contribution in [1.29, 1.82) is 0 Å². The molecule has 2 rings (SSSR count). The molecule has 7 heteroatoms. The second-order valence-electron chi connectivity index (χ2n) is 6.18. The zero-order valence-corrected chi connectivity index (χ0v) is 14.3. The van der Waals surface area contributed by atoms with Gasteiger partial charge in [-0.3, -0.25) is 4.79 Å². The average molecular weight is 339 g/mol. The summed E-state index contributed by atoms with van der Waals surface area (Å²) in [5, 5.41) is 2.74. The molecule has 23 heavy (non-hydrogen) atoms. The lowest BCUT2D eigenvalue weighted by atomic mass is 9.82. The SMILES string of the molecule is Cc1ccc(S(=O)(=O)NCCNC(=O)C2(N)CCCCC2)cc1. The molecule has 1 aromatic rings. The van der Waals surface area contributed by atoms with Gasteiger partial charge in [-0.15, -0.1) is 0 Å². The molecule has 1 aliphatic carbocycles. The summed E-state index contributed by atoms with van der Waals surface area (Å²) in [6, 6.07) is 6.62. The van der Waals surface area contributed by atoms with Crippen molar-refractivity contribution >= 4 is 15.9 Å². The summed E-state index contributed by atoms with van der Waals surface area (Å²) in [6.07, 6.45) is 4.42. The summed E-state index contributed by atoms with van der Waals surface area (Å²) < 4.78 is 26.7. The Kier molecular flexibility index (Phi) is 5.78. The Morgan fingerprint density at radius 2 is 1.74 bits per heavy atom. The van der Waals surface area contributed by atoms with Gasteiger partial charge in [0.1, 0.15) is 0 Å². The number of nitrogens with two attached hydrogens (primary N) is 1. The highest BCUT2D eigenvalue weighted by molar-refractivity contribution is 7.89. The number of carbonyl (C=O) groups excluding carboxylic acids is 1. The predicted octanol–water partition coefficient (Wildman–Crippen LogP) is 1.05. The minimum absolute atomic E-state index is 0.137. The van der Waals surface area contributed by atoms with Gasteiger partial charge < -0.3 is 11.1 Å². The summed E-state index contributed by atoms with van der Waals surface area (Å²) in [5.41, 5.74) is 6.32. The van der Waals surface area contributed by atoms with E-state index < -0.39 is 15.6 Å². The molecule has 0 atom stereocenters. The summed E-state index contributed by atoms with van der Waals surface area (Å²) >= 11 is 0. The van der Waals surface area contributed by atoms with Gasteiger partial charge >= 0.3 is 0 Å². The van der Waals surface area contributed by atoms with Crippen LogP contribution in [0.3, 0.4) is 0 Å². The molecule has 0 radical (unpaired) electrons. The molecule has 1 fully saturated rings. The third kappa shape index (κ3) is 4.76. The smallest absolute Gasteiger partial charge is 0.240 e. The van der Waals surface area contributed by atoms with Crippen LogP contribution in [0.4, 0.5) is 0 Å². The van der Waals surface area contributed by atoms with Crippen LogP contribution in [0.5, 0.6) is 0 Å². The molecule has 0 saturated heterocycles. The number of rotatable bonds is 6. The lowest BCUT2D eigenvalue weighted by Crippen LogP contribution is -2.55. The Morgan fingerprint density at radius 1 is 1.13 bits per heavy atom. The fourth-order valence-electron chi connectivity index (χ4n) is 2.75. The molecule has 1 aliphatic rings. The summed E-state index contributed by atoms with van der Waals surface area (Å²) in [7, 11) is -3.55. The van der Waals surface area contributed by atoms with Gasteiger partial charge in [0, 0.05) is 13.1 Å². The van der Waals surface area contributed by atoms with E-state index in [0.29, 0.717) is 12.8 Å². The van der Waals surface area contributed by atoms with Crippen LogP contribution >= 0.6 is 0 Å². The first kappa shape index (κ1) is 17.9. The second-order valence-corrected chi connectivity index (χ2v) is 7.95. The monoisotopic (exact) mass is 339 g/mol. The Balaban J connectivity index is 1.80. The Labute approximate surface area is 137 Å². The van der Waals surface area contributed by atoms with Crippen LogP contribution in [-0.4, -0.2) is 33.0 Å². The van der Waals surface area contributed by atoms with E-state index in [2.05, 4.69) is 10.0 Å². The maximum atomic E-state index is 12.1. The molecular weight excluding hydrogens is 314 g/mol. The first-order valence-electron chi connectivity index (χ1n) is 7.97. The van der Waals surface area contributed by atoms with E-state index in [1.165, 1.54) is 0 Å². The van der Waals surface area contributed by atoms with E-state index in [9.17, 15) is 13.2 Å². The highest BCUT2D eigenvalue weighted by Crippen LogP contribution is 2.25. The lowest BCUT2D eigenvalue weighted by molar-refractivity contribution is -0.127. The van der Waals surface area contributed by atoms with E-state index in [4.69, 9.17) is 5.73 Å². The molecule has 6 nitrogen and oxygen atoms in total. The van der Waals surface area contributed by atoms with E-state index in [1.807, 2.05) is 6.92 Å². The van der Waals surface area contributed by atoms with Crippen molar-refractivity contribution in [2.24, 2.45) is 5.73 Å². The van der Waals surface area contributed by atoms with Gasteiger partial charge in [0.15, 0.2) is 0 Å². The van der Waals surface area contributed by atoms with Crippen molar-refractivity contribution in [2.75, 3.05) is 13.1 Å². The summed E-state index contributed by atoms with van der Waals surface area (Å²) in [6.45, 7) is 2.26. The molecule has 128 valence electrons. The standard InChI is InChI=1S/C16H25N3O3S/c1-13-5-7-14(8-6-13)23(21,22)19-12-11-18-15(20)16(17)9-3-2-4-10-16/h5-8,19H,2-4,9-12,17H2,1H3,(H,18,20). The molecule has 0 bridgehead atoms. The van der Waals surface area contributed by atoms with Crippen LogP contribution in [0, 0.1) is 6.92 Å². The number of hydrogen-bond donors (Lipinski definition) is 3. The summed E-state index contributed by atoms with van der Waals surface area (Å²) in [4.78, 5) is 12.4. The molecular formula is C16H25N3O3S. The molecule has 1 amide bonds. The van der Waals surface area contributed by atoms with Gasteiger partial charge in [0.25, 0.3) is 0 Å². The molecule has 0 unspecified atom stereocenters. The zero-order chi connectivity index (χ0) is 16.9. The minimum Gasteiger partial charge on any atom is -0.353 e. The van der Waals surface area contributed by atoms with Gasteiger partial charge in [0.2, 0.25) is 15.9 Å². The Morgan fingerprint density at radius 3 is 2.35 bits per heavy atom. The van der Waals surface area contributed by atoms with E-state index >= 15 is 0 Å². The largest absolute Gasteiger partial charge is 0.353 e. The van der Waals surface area contributed by atoms with Gasteiger partial charge in [-0.2, -0.15) is 0 Å². The highest BCUT2D eigenvalue weighted by atomic mass is 32.2. The van der Waals surface area contributed by atoms with Crippen molar-refractivity contribution in [3.63, 3.8) is 0 Å². The Bertz CT molecular complexity index is 635. The predicted molar refractivity (Wildman–Crippen MR) is 89.4 cm³/mol. The fraction of sp³-hybridized carbons (Fsp3) is 0.562. The van der Waals surface area contributed by atoms with Gasteiger partial charge in [-0.25, -0.2) is 13.1 Å². The molecule has 0 spiro atoms. The van der Waals surface area contributed by atoms with E-state index in [0.717, 1.165) is 24.8 Å². The average Bonchev–Trinajstić information content (AvgIpc) is 2.52. The van der Waals surface area contributed by atoms with Crippen molar-refractivity contribution in [3.8, 4) is 0 Å². The third-order valence-electron chi connectivity index (χ3n) is 4.23. The number of nitrogens with one attached hydrogen (secondary N) is 2. The maximum Gasteiger partial charge on any atom is 0.240 e. The van der Waals surface area contributed by atoms with Gasteiger partial charge in [-0.1, -0.05) is 37.0 Å². The van der Waals surface area contributed by atoms with E-state index in [-0.39, 0.29) is 23.9 Å². The molecule has 0 aliphatic heterocycles. The maximum absolute atomic E-state index is 12.1.